The lowest BCUT2D eigenvalue weighted by molar-refractivity contribution is -0.151. The van der Waals surface area contributed by atoms with Crippen LogP contribution in [0.5, 0.6) is 0 Å². The second-order valence-electron chi connectivity index (χ2n) is 5.45. The van der Waals surface area contributed by atoms with E-state index in [0.29, 0.717) is 6.61 Å². The zero-order chi connectivity index (χ0) is 14.0. The summed E-state index contributed by atoms with van der Waals surface area (Å²) in [5.74, 6) is 0. The highest BCUT2D eigenvalue weighted by atomic mass is 35.5. The third kappa shape index (κ3) is 3.58. The molecule has 0 spiro atoms. The zero-order valence-electron chi connectivity index (χ0n) is 12.0. The molecule has 4 heteroatoms. The minimum atomic E-state index is -0.171. The largest absolute Gasteiger partial charge is 0.363 e. The Morgan fingerprint density at radius 3 is 2.24 bits per heavy atom. The van der Waals surface area contributed by atoms with Crippen molar-refractivity contribution in [2.75, 3.05) is 20.1 Å². The van der Waals surface area contributed by atoms with Gasteiger partial charge in [0.2, 0.25) is 0 Å². The van der Waals surface area contributed by atoms with Crippen molar-refractivity contribution in [1.29, 1.82) is 0 Å². The third-order valence-corrected chi connectivity index (χ3v) is 4.03. The Bertz CT molecular complexity index is 565. The van der Waals surface area contributed by atoms with Crippen LogP contribution in [0, 0.1) is 0 Å². The van der Waals surface area contributed by atoms with E-state index >= 15 is 0 Å². The van der Waals surface area contributed by atoms with Gasteiger partial charge in [-0.15, -0.1) is 12.4 Å². The number of likely N-dealkylation sites (tertiary alicyclic amines) is 1. The van der Waals surface area contributed by atoms with E-state index in [-0.39, 0.29) is 18.0 Å². The second-order valence-corrected chi connectivity index (χ2v) is 5.88. The van der Waals surface area contributed by atoms with Crippen LogP contribution in [0.2, 0.25) is 5.02 Å². The Morgan fingerprint density at radius 2 is 1.67 bits per heavy atom. The average molecular weight is 324 g/mol. The molecule has 2 aromatic rings. The Kier molecular flexibility index (Phi) is 5.28. The summed E-state index contributed by atoms with van der Waals surface area (Å²) >= 11 is 5.91. The third-order valence-electron chi connectivity index (χ3n) is 3.78. The topological polar surface area (TPSA) is 12.5 Å². The van der Waals surface area contributed by atoms with E-state index in [2.05, 4.69) is 36.2 Å². The second kappa shape index (κ2) is 6.80. The van der Waals surface area contributed by atoms with E-state index in [1.807, 2.05) is 30.3 Å². The predicted molar refractivity (Wildman–Crippen MR) is 89.1 cm³/mol. The SMILES string of the molecule is CN1CC(OCc2ccc(Cl)cc2)(c2ccccc2)C1.Cl. The Hall–Kier alpha value is -1.06. The number of hydrogen-bond acceptors (Lipinski definition) is 2. The van der Waals surface area contributed by atoms with Crippen LogP contribution in [-0.4, -0.2) is 25.0 Å². The smallest absolute Gasteiger partial charge is 0.119 e. The summed E-state index contributed by atoms with van der Waals surface area (Å²) in [5.41, 5.74) is 2.24. The summed E-state index contributed by atoms with van der Waals surface area (Å²) in [6.45, 7) is 2.48. The van der Waals surface area contributed by atoms with Crippen LogP contribution in [-0.2, 0) is 16.9 Å². The zero-order valence-corrected chi connectivity index (χ0v) is 13.5. The summed E-state index contributed by atoms with van der Waals surface area (Å²) in [4.78, 5) is 2.27. The first-order chi connectivity index (χ1) is 9.68. The number of likely N-dealkylation sites (N-methyl/N-ethyl adjacent to an activating group) is 1. The molecule has 0 N–H and O–H groups in total. The van der Waals surface area contributed by atoms with E-state index < -0.39 is 0 Å². The van der Waals surface area contributed by atoms with Crippen LogP contribution in [0.3, 0.4) is 0 Å². The first-order valence-corrected chi connectivity index (χ1v) is 7.18. The van der Waals surface area contributed by atoms with Crippen molar-refractivity contribution in [1.82, 2.24) is 4.90 Å². The highest BCUT2D eigenvalue weighted by Gasteiger charge is 2.43. The van der Waals surface area contributed by atoms with Crippen molar-refractivity contribution in [3.05, 3.63) is 70.7 Å². The number of hydrogen-bond donors (Lipinski definition) is 0. The van der Waals surface area contributed by atoms with E-state index in [4.69, 9.17) is 16.3 Å². The first-order valence-electron chi connectivity index (χ1n) is 6.80. The molecule has 1 fully saturated rings. The molecule has 0 saturated carbocycles. The molecule has 3 rings (SSSR count). The van der Waals surface area contributed by atoms with Crippen LogP contribution in [0.15, 0.2) is 54.6 Å². The molecule has 1 aliphatic heterocycles. The van der Waals surface area contributed by atoms with Gasteiger partial charge < -0.3 is 4.74 Å². The molecule has 0 aromatic heterocycles. The molecular weight excluding hydrogens is 305 g/mol. The molecule has 1 saturated heterocycles. The van der Waals surface area contributed by atoms with Gasteiger partial charge in [0.15, 0.2) is 0 Å². The van der Waals surface area contributed by atoms with Crippen molar-refractivity contribution in [3.63, 3.8) is 0 Å². The Balaban J connectivity index is 0.00000161. The quantitative estimate of drug-likeness (QED) is 0.839. The maximum Gasteiger partial charge on any atom is 0.119 e. The van der Waals surface area contributed by atoms with Gasteiger partial charge in [-0.05, 0) is 30.3 Å². The Morgan fingerprint density at radius 1 is 1.05 bits per heavy atom. The normalized spacial score (nSPS) is 16.9. The minimum absolute atomic E-state index is 0. The molecule has 1 heterocycles. The van der Waals surface area contributed by atoms with Crippen LogP contribution in [0.25, 0.3) is 0 Å². The van der Waals surface area contributed by atoms with Crippen molar-refractivity contribution in [2.45, 2.75) is 12.2 Å². The van der Waals surface area contributed by atoms with Crippen molar-refractivity contribution in [2.24, 2.45) is 0 Å². The summed E-state index contributed by atoms with van der Waals surface area (Å²) in [5, 5.41) is 0.759. The molecule has 0 bridgehead atoms. The molecular formula is C17H19Cl2NO. The minimum Gasteiger partial charge on any atom is -0.363 e. The fraction of sp³-hybridized carbons (Fsp3) is 0.294. The van der Waals surface area contributed by atoms with Gasteiger partial charge in [-0.2, -0.15) is 0 Å². The van der Waals surface area contributed by atoms with Gasteiger partial charge in [0.25, 0.3) is 0 Å². The molecule has 0 amide bonds. The standard InChI is InChI=1S/C17H18ClNO.ClH/c1-19-12-17(13-19,15-5-3-2-4-6-15)20-11-14-7-9-16(18)10-8-14;/h2-10H,11-13H2,1H3;1H. The fourth-order valence-corrected chi connectivity index (χ4v) is 2.85. The van der Waals surface area contributed by atoms with E-state index in [9.17, 15) is 0 Å². The monoisotopic (exact) mass is 323 g/mol. The molecule has 112 valence electrons. The molecule has 0 atom stereocenters. The van der Waals surface area contributed by atoms with E-state index in [1.54, 1.807) is 0 Å². The highest BCUT2D eigenvalue weighted by molar-refractivity contribution is 6.30. The predicted octanol–water partition coefficient (Wildman–Crippen LogP) is 4.12. The van der Waals surface area contributed by atoms with Crippen LogP contribution >= 0.6 is 24.0 Å². The van der Waals surface area contributed by atoms with Gasteiger partial charge in [-0.1, -0.05) is 54.1 Å². The maximum atomic E-state index is 6.26. The molecule has 0 radical (unpaired) electrons. The fourth-order valence-electron chi connectivity index (χ4n) is 2.73. The maximum absolute atomic E-state index is 6.26. The van der Waals surface area contributed by atoms with Gasteiger partial charge in [0.05, 0.1) is 6.61 Å². The molecule has 1 aliphatic rings. The number of halogens is 2. The van der Waals surface area contributed by atoms with Crippen LogP contribution in [0.4, 0.5) is 0 Å². The lowest BCUT2D eigenvalue weighted by Crippen LogP contribution is -2.58. The summed E-state index contributed by atoms with van der Waals surface area (Å²) in [6, 6.07) is 18.3. The van der Waals surface area contributed by atoms with Gasteiger partial charge in [0, 0.05) is 18.1 Å². The summed E-state index contributed by atoms with van der Waals surface area (Å²) < 4.78 is 6.26. The molecule has 0 aliphatic carbocycles. The number of benzene rings is 2. The molecule has 21 heavy (non-hydrogen) atoms. The van der Waals surface area contributed by atoms with Gasteiger partial charge >= 0.3 is 0 Å². The summed E-state index contributed by atoms with van der Waals surface area (Å²) in [6.07, 6.45) is 0. The lowest BCUT2D eigenvalue weighted by atomic mass is 9.86. The molecule has 2 aromatic carbocycles. The number of ether oxygens (including phenoxy) is 1. The lowest BCUT2D eigenvalue weighted by Gasteiger charge is -2.48. The van der Waals surface area contributed by atoms with Gasteiger partial charge in [-0.3, -0.25) is 4.90 Å². The Labute approximate surface area is 137 Å². The van der Waals surface area contributed by atoms with Gasteiger partial charge in [-0.25, -0.2) is 0 Å². The van der Waals surface area contributed by atoms with E-state index in [0.717, 1.165) is 23.7 Å². The van der Waals surface area contributed by atoms with Gasteiger partial charge in [0.1, 0.15) is 5.60 Å². The number of nitrogens with zero attached hydrogens (tertiary/aromatic N) is 1. The van der Waals surface area contributed by atoms with Crippen LogP contribution in [0.1, 0.15) is 11.1 Å². The van der Waals surface area contributed by atoms with Crippen molar-refractivity contribution < 1.29 is 4.74 Å². The summed E-state index contributed by atoms with van der Waals surface area (Å²) in [7, 11) is 2.12. The molecule has 0 unspecified atom stereocenters. The highest BCUT2D eigenvalue weighted by Crippen LogP contribution is 2.35. The first kappa shape index (κ1) is 16.3. The van der Waals surface area contributed by atoms with E-state index in [1.165, 1.54) is 5.56 Å². The van der Waals surface area contributed by atoms with Crippen molar-refractivity contribution >= 4 is 24.0 Å². The molecule has 2 nitrogen and oxygen atoms in total. The van der Waals surface area contributed by atoms with Crippen molar-refractivity contribution in [3.8, 4) is 0 Å². The number of rotatable bonds is 4. The van der Waals surface area contributed by atoms with Crippen LogP contribution < -0.4 is 0 Å². The average Bonchev–Trinajstić information content (AvgIpc) is 2.45.